The van der Waals surface area contributed by atoms with Gasteiger partial charge in [0, 0.05) is 57.2 Å². The van der Waals surface area contributed by atoms with Crippen LogP contribution in [0.5, 0.6) is 0 Å². The van der Waals surface area contributed by atoms with Gasteiger partial charge in [-0.25, -0.2) is 27.5 Å². The lowest BCUT2D eigenvalue weighted by Gasteiger charge is -2.36. The van der Waals surface area contributed by atoms with Gasteiger partial charge < -0.3 is 15.1 Å². The number of nitrogens with one attached hydrogen (secondary N) is 2. The van der Waals surface area contributed by atoms with Crippen molar-refractivity contribution in [3.05, 3.63) is 77.9 Å². The van der Waals surface area contributed by atoms with Gasteiger partial charge in [-0.05, 0) is 48.0 Å². The Kier molecular flexibility index (Phi) is 7.57. The van der Waals surface area contributed by atoms with Gasteiger partial charge in [0.15, 0.2) is 0 Å². The topological polar surface area (TPSA) is 108 Å². The van der Waals surface area contributed by atoms with Gasteiger partial charge in [0.1, 0.15) is 5.82 Å². The Balaban J connectivity index is 1.32. The van der Waals surface area contributed by atoms with E-state index in [0.717, 1.165) is 0 Å². The first kappa shape index (κ1) is 24.6. The van der Waals surface area contributed by atoms with Crippen LogP contribution in [0.2, 0.25) is 0 Å². The van der Waals surface area contributed by atoms with Crippen molar-refractivity contribution in [3.63, 3.8) is 0 Å². The average Bonchev–Trinajstić information content (AvgIpc) is 2.88. The number of anilines is 2. The van der Waals surface area contributed by atoms with Gasteiger partial charge in [-0.3, -0.25) is 4.79 Å². The predicted octanol–water partition coefficient (Wildman–Crippen LogP) is 2.17. The van der Waals surface area contributed by atoms with Crippen molar-refractivity contribution >= 4 is 27.6 Å². The van der Waals surface area contributed by atoms with Gasteiger partial charge in [0.2, 0.25) is 16.0 Å². The molecule has 1 aliphatic heterocycles. The summed E-state index contributed by atoms with van der Waals surface area (Å²) in [6.07, 6.45) is 3.41. The Morgan fingerprint density at radius 2 is 1.66 bits per heavy atom. The zero-order chi connectivity index (χ0) is 24.8. The monoisotopic (exact) mass is 498 g/mol. The maximum absolute atomic E-state index is 14.9. The van der Waals surface area contributed by atoms with Crippen LogP contribution in [0.15, 0.2) is 65.8 Å². The molecule has 0 saturated carbocycles. The number of hydrogen-bond acceptors (Lipinski definition) is 7. The Labute approximate surface area is 204 Å². The number of amides is 1. The third-order valence-electron chi connectivity index (χ3n) is 5.68. The first-order valence-corrected chi connectivity index (χ1v) is 12.8. The molecule has 4 rings (SSSR count). The highest BCUT2D eigenvalue weighted by molar-refractivity contribution is 7.89. The quantitative estimate of drug-likeness (QED) is 0.490. The fourth-order valence-electron chi connectivity index (χ4n) is 3.86. The lowest BCUT2D eigenvalue weighted by molar-refractivity contribution is 0.0950. The van der Waals surface area contributed by atoms with E-state index >= 15 is 0 Å². The molecule has 0 radical (unpaired) electrons. The molecule has 1 aliphatic rings. The lowest BCUT2D eigenvalue weighted by Crippen LogP contribution is -2.47. The number of piperazine rings is 1. The molecule has 1 aromatic heterocycles. The van der Waals surface area contributed by atoms with Crippen LogP contribution < -0.4 is 19.8 Å². The molecule has 1 fully saturated rings. The third kappa shape index (κ3) is 5.92. The second kappa shape index (κ2) is 10.8. The number of nitrogens with zero attached hydrogens (tertiary/aromatic N) is 4. The van der Waals surface area contributed by atoms with E-state index in [1.54, 1.807) is 37.5 Å². The molecule has 35 heavy (non-hydrogen) atoms. The van der Waals surface area contributed by atoms with Crippen LogP contribution in [0.25, 0.3) is 0 Å². The largest absolute Gasteiger partial charge is 0.366 e. The zero-order valence-corrected chi connectivity index (χ0v) is 20.1. The van der Waals surface area contributed by atoms with Crippen LogP contribution in [-0.2, 0) is 16.6 Å². The molecule has 1 amide bonds. The molecule has 184 valence electrons. The normalized spacial score (nSPS) is 14.1. The highest BCUT2D eigenvalue weighted by Crippen LogP contribution is 2.23. The second-order valence-corrected chi connectivity index (χ2v) is 9.78. The third-order valence-corrected chi connectivity index (χ3v) is 7.24. The van der Waals surface area contributed by atoms with Crippen LogP contribution in [0, 0.1) is 5.82 Å². The lowest BCUT2D eigenvalue weighted by atomic mass is 10.1. The van der Waals surface area contributed by atoms with E-state index in [-0.39, 0.29) is 29.7 Å². The minimum atomic E-state index is -3.58. The van der Waals surface area contributed by atoms with Crippen molar-refractivity contribution in [2.45, 2.75) is 18.4 Å². The molecule has 0 unspecified atom stereocenters. The minimum Gasteiger partial charge on any atom is -0.366 e. The van der Waals surface area contributed by atoms with E-state index in [0.29, 0.717) is 48.9 Å². The summed E-state index contributed by atoms with van der Waals surface area (Å²) in [4.78, 5) is 25.1. The molecule has 0 spiro atoms. The van der Waals surface area contributed by atoms with Gasteiger partial charge in [0.25, 0.3) is 5.91 Å². The number of halogens is 1. The standard InChI is InChI=1S/C24H27FN6O3S/c1-2-29-35(33,34)20-7-5-19(6-8-20)23(32)28-17-18-4-9-22(21(25)16-18)30-12-14-31(15-13-30)24-26-10-3-11-27-24/h3-11,16,29H,2,12-15,17H2,1H3,(H,28,32). The Morgan fingerprint density at radius 1 is 1.00 bits per heavy atom. The zero-order valence-electron chi connectivity index (χ0n) is 19.3. The molecule has 0 atom stereocenters. The number of sulfonamides is 1. The highest BCUT2D eigenvalue weighted by atomic mass is 32.2. The molecule has 0 aliphatic carbocycles. The van der Waals surface area contributed by atoms with E-state index in [2.05, 4.69) is 24.9 Å². The van der Waals surface area contributed by atoms with Crippen molar-refractivity contribution in [2.24, 2.45) is 0 Å². The summed E-state index contributed by atoms with van der Waals surface area (Å²) in [6, 6.07) is 12.4. The summed E-state index contributed by atoms with van der Waals surface area (Å²) >= 11 is 0. The average molecular weight is 499 g/mol. The Bertz CT molecular complexity index is 1260. The van der Waals surface area contributed by atoms with E-state index in [4.69, 9.17) is 0 Å². The maximum Gasteiger partial charge on any atom is 0.251 e. The van der Waals surface area contributed by atoms with Gasteiger partial charge in [0.05, 0.1) is 10.6 Å². The molecule has 3 aromatic rings. The van der Waals surface area contributed by atoms with Crippen molar-refractivity contribution in [1.82, 2.24) is 20.0 Å². The summed E-state index contributed by atoms with van der Waals surface area (Å²) < 4.78 is 41.3. The molecule has 9 nitrogen and oxygen atoms in total. The molecule has 2 aromatic carbocycles. The van der Waals surface area contributed by atoms with E-state index < -0.39 is 10.0 Å². The first-order valence-electron chi connectivity index (χ1n) is 11.3. The van der Waals surface area contributed by atoms with Crippen LogP contribution >= 0.6 is 0 Å². The summed E-state index contributed by atoms with van der Waals surface area (Å²) in [5.41, 5.74) is 1.46. The van der Waals surface area contributed by atoms with Crippen molar-refractivity contribution in [2.75, 3.05) is 42.5 Å². The number of rotatable bonds is 8. The maximum atomic E-state index is 14.9. The molecular weight excluding hydrogens is 471 g/mol. The van der Waals surface area contributed by atoms with Gasteiger partial charge in [-0.15, -0.1) is 0 Å². The van der Waals surface area contributed by atoms with Gasteiger partial charge >= 0.3 is 0 Å². The van der Waals surface area contributed by atoms with Crippen LogP contribution in [0.4, 0.5) is 16.0 Å². The van der Waals surface area contributed by atoms with Crippen molar-refractivity contribution in [1.29, 1.82) is 0 Å². The summed E-state index contributed by atoms with van der Waals surface area (Å²) in [5.74, 6) is -0.0483. The number of benzene rings is 2. The number of carbonyl (C=O) groups excluding carboxylic acids is 1. The van der Waals surface area contributed by atoms with Crippen molar-refractivity contribution in [3.8, 4) is 0 Å². The van der Waals surface area contributed by atoms with Gasteiger partial charge in [-0.1, -0.05) is 13.0 Å². The van der Waals surface area contributed by atoms with Crippen LogP contribution in [-0.4, -0.2) is 57.0 Å². The molecule has 11 heteroatoms. The van der Waals surface area contributed by atoms with Crippen molar-refractivity contribution < 1.29 is 17.6 Å². The SMILES string of the molecule is CCNS(=O)(=O)c1ccc(C(=O)NCc2ccc(N3CCN(c4ncccn4)CC3)c(F)c2)cc1. The number of carbonyl (C=O) groups is 1. The number of hydrogen-bond donors (Lipinski definition) is 2. The Morgan fingerprint density at radius 3 is 2.29 bits per heavy atom. The van der Waals surface area contributed by atoms with E-state index in [1.807, 2.05) is 4.90 Å². The van der Waals surface area contributed by atoms with E-state index in [9.17, 15) is 17.6 Å². The molecule has 2 N–H and O–H groups in total. The number of aromatic nitrogens is 2. The second-order valence-electron chi connectivity index (χ2n) is 8.02. The fraction of sp³-hybridized carbons (Fsp3) is 0.292. The molecule has 1 saturated heterocycles. The minimum absolute atomic E-state index is 0.0886. The smallest absolute Gasteiger partial charge is 0.251 e. The van der Waals surface area contributed by atoms with Crippen LogP contribution in [0.1, 0.15) is 22.8 Å². The van der Waals surface area contributed by atoms with Gasteiger partial charge in [-0.2, -0.15) is 0 Å². The predicted molar refractivity (Wildman–Crippen MR) is 131 cm³/mol. The summed E-state index contributed by atoms with van der Waals surface area (Å²) in [7, 11) is -3.58. The Hall–Kier alpha value is -3.57. The molecular formula is C24H27FN6O3S. The summed E-state index contributed by atoms with van der Waals surface area (Å²) in [6.45, 7) is 4.78. The molecule has 0 bridgehead atoms. The summed E-state index contributed by atoms with van der Waals surface area (Å²) in [5, 5.41) is 2.74. The first-order chi connectivity index (χ1) is 16.9. The molecule has 2 heterocycles. The highest BCUT2D eigenvalue weighted by Gasteiger charge is 2.21. The van der Waals surface area contributed by atoms with E-state index in [1.165, 1.54) is 30.3 Å². The fourth-order valence-corrected chi connectivity index (χ4v) is 4.90. The van der Waals surface area contributed by atoms with Crippen LogP contribution in [0.3, 0.4) is 0 Å².